The molecule has 1 saturated heterocycles. The summed E-state index contributed by atoms with van der Waals surface area (Å²) in [7, 11) is 0. The molecule has 2 atom stereocenters. The average Bonchev–Trinajstić information content (AvgIpc) is 2.97. The van der Waals surface area contributed by atoms with Crippen LogP contribution in [0, 0.1) is 10.1 Å². The minimum absolute atomic E-state index is 0.0132. The highest BCUT2D eigenvalue weighted by atomic mass is 16.6. The number of amides is 1. The van der Waals surface area contributed by atoms with E-state index in [0.29, 0.717) is 5.56 Å². The molecule has 1 fully saturated rings. The van der Waals surface area contributed by atoms with Crippen LogP contribution in [0.3, 0.4) is 0 Å². The number of hydrogen-bond donors (Lipinski definition) is 1. The number of ether oxygens (including phenoxy) is 2. The predicted molar refractivity (Wildman–Crippen MR) is 77.0 cm³/mol. The van der Waals surface area contributed by atoms with Crippen LogP contribution in [0.4, 0.5) is 10.5 Å². The molecular weight excluding hydrogens is 324 g/mol. The van der Waals surface area contributed by atoms with E-state index in [4.69, 9.17) is 14.6 Å². The van der Waals surface area contributed by atoms with Gasteiger partial charge in [-0.2, -0.15) is 0 Å². The van der Waals surface area contributed by atoms with Gasteiger partial charge in [-0.1, -0.05) is 0 Å². The summed E-state index contributed by atoms with van der Waals surface area (Å²) in [6, 6.07) is 4.27. The second-order valence-electron chi connectivity index (χ2n) is 5.07. The van der Waals surface area contributed by atoms with Crippen molar-refractivity contribution in [2.75, 3.05) is 6.54 Å². The molecule has 1 N–H and O–H groups in total. The first-order valence-corrected chi connectivity index (χ1v) is 6.91. The molecule has 24 heavy (non-hydrogen) atoms. The van der Waals surface area contributed by atoms with Crippen LogP contribution in [-0.4, -0.2) is 52.2 Å². The van der Waals surface area contributed by atoms with E-state index in [1.165, 1.54) is 24.3 Å². The Hall–Kier alpha value is -3.17. The van der Waals surface area contributed by atoms with Gasteiger partial charge in [-0.05, 0) is 17.7 Å². The molecule has 1 aromatic rings. The zero-order valence-electron chi connectivity index (χ0n) is 12.4. The van der Waals surface area contributed by atoms with E-state index in [2.05, 4.69) is 0 Å². The van der Waals surface area contributed by atoms with Gasteiger partial charge in [-0.3, -0.25) is 19.8 Å². The maximum atomic E-state index is 12.0. The number of nitro groups is 1. The first-order valence-electron chi connectivity index (χ1n) is 6.91. The smallest absolute Gasteiger partial charge is 0.410 e. The highest BCUT2D eigenvalue weighted by molar-refractivity contribution is 5.81. The summed E-state index contributed by atoms with van der Waals surface area (Å²) in [4.78, 5) is 44.6. The average molecular weight is 338 g/mol. The first-order chi connectivity index (χ1) is 11.4. The molecule has 0 spiro atoms. The van der Waals surface area contributed by atoms with Gasteiger partial charge in [0.2, 0.25) is 0 Å². The van der Waals surface area contributed by atoms with Gasteiger partial charge in [0, 0.05) is 18.6 Å². The Morgan fingerprint density at radius 3 is 2.58 bits per heavy atom. The van der Waals surface area contributed by atoms with E-state index in [0.717, 1.165) is 4.90 Å². The lowest BCUT2D eigenvalue weighted by Gasteiger charge is -2.20. The molecule has 1 aromatic carbocycles. The highest BCUT2D eigenvalue weighted by Gasteiger charge is 2.41. The Morgan fingerprint density at radius 1 is 1.38 bits per heavy atom. The Labute approximate surface area is 135 Å². The van der Waals surface area contributed by atoms with Crippen LogP contribution in [0.1, 0.15) is 12.0 Å². The fraction of sp³-hybridized carbons (Fsp3) is 0.357. The Morgan fingerprint density at radius 2 is 2.04 bits per heavy atom. The van der Waals surface area contributed by atoms with Gasteiger partial charge in [-0.25, -0.2) is 9.59 Å². The van der Waals surface area contributed by atoms with Crippen molar-refractivity contribution < 1.29 is 33.9 Å². The quantitative estimate of drug-likeness (QED) is 0.459. The lowest BCUT2D eigenvalue weighted by Crippen LogP contribution is -2.40. The molecule has 128 valence electrons. The largest absolute Gasteiger partial charge is 0.480 e. The third kappa shape index (κ3) is 3.97. The molecule has 0 aliphatic carbocycles. The van der Waals surface area contributed by atoms with Crippen LogP contribution in [-0.2, 0) is 25.7 Å². The summed E-state index contributed by atoms with van der Waals surface area (Å²) in [5, 5.41) is 19.7. The summed E-state index contributed by atoms with van der Waals surface area (Å²) in [6.45, 7) is -0.0387. The lowest BCUT2D eigenvalue weighted by atomic mass is 10.2. The number of carboxylic acids is 1. The van der Waals surface area contributed by atoms with Crippen molar-refractivity contribution in [3.05, 3.63) is 39.9 Å². The molecule has 0 aromatic heterocycles. The maximum absolute atomic E-state index is 12.0. The minimum Gasteiger partial charge on any atom is -0.480 e. The summed E-state index contributed by atoms with van der Waals surface area (Å²) in [5.41, 5.74) is 0.421. The molecular formula is C14H14N2O8. The molecule has 10 heteroatoms. The van der Waals surface area contributed by atoms with E-state index >= 15 is 0 Å². The molecule has 0 saturated carbocycles. The van der Waals surface area contributed by atoms with E-state index in [1.807, 2.05) is 0 Å². The molecule has 2 rings (SSSR count). The van der Waals surface area contributed by atoms with Crippen LogP contribution in [0.25, 0.3) is 0 Å². The van der Waals surface area contributed by atoms with Crippen LogP contribution >= 0.6 is 0 Å². The van der Waals surface area contributed by atoms with E-state index in [9.17, 15) is 24.5 Å². The number of aliphatic carboxylic acids is 1. The Kier molecular flexibility index (Phi) is 5.30. The zero-order chi connectivity index (χ0) is 17.7. The van der Waals surface area contributed by atoms with Crippen molar-refractivity contribution >= 4 is 24.2 Å². The second kappa shape index (κ2) is 7.40. The number of carboxylic acid groups (broad SMARTS) is 1. The Bertz CT molecular complexity index is 645. The van der Waals surface area contributed by atoms with Gasteiger partial charge >= 0.3 is 12.1 Å². The summed E-state index contributed by atoms with van der Waals surface area (Å²) >= 11 is 0. The molecule has 10 nitrogen and oxygen atoms in total. The third-order valence-electron chi connectivity index (χ3n) is 3.54. The molecule has 0 radical (unpaired) electrons. The number of likely N-dealkylation sites (tertiary alicyclic amines) is 1. The van der Waals surface area contributed by atoms with E-state index < -0.39 is 29.1 Å². The molecule has 1 aliphatic rings. The monoisotopic (exact) mass is 338 g/mol. The topological polar surface area (TPSA) is 136 Å². The number of rotatable bonds is 6. The highest BCUT2D eigenvalue weighted by Crippen LogP contribution is 2.22. The van der Waals surface area contributed by atoms with Gasteiger partial charge in [0.25, 0.3) is 12.2 Å². The van der Waals surface area contributed by atoms with Crippen molar-refractivity contribution in [3.8, 4) is 0 Å². The zero-order valence-corrected chi connectivity index (χ0v) is 12.4. The van der Waals surface area contributed by atoms with Crippen LogP contribution in [0.2, 0.25) is 0 Å². The van der Waals surface area contributed by atoms with Crippen LogP contribution in [0.15, 0.2) is 24.3 Å². The number of carbonyl (C=O) groups excluding carboxylic acids is 2. The maximum Gasteiger partial charge on any atom is 0.410 e. The number of benzene rings is 1. The second-order valence-corrected chi connectivity index (χ2v) is 5.07. The van der Waals surface area contributed by atoms with Crippen molar-refractivity contribution in [2.24, 2.45) is 0 Å². The number of hydrogen-bond acceptors (Lipinski definition) is 7. The lowest BCUT2D eigenvalue weighted by molar-refractivity contribution is -0.384. The number of nitrogens with zero attached hydrogens (tertiary/aromatic N) is 2. The molecule has 1 amide bonds. The first kappa shape index (κ1) is 17.2. The summed E-state index contributed by atoms with van der Waals surface area (Å²) < 4.78 is 9.73. The Balaban J connectivity index is 1.96. The summed E-state index contributed by atoms with van der Waals surface area (Å²) in [6.07, 6.45) is -1.57. The predicted octanol–water partition coefficient (Wildman–Crippen LogP) is 0.932. The van der Waals surface area contributed by atoms with Crippen molar-refractivity contribution in [2.45, 2.75) is 25.2 Å². The standard InChI is InChI=1S/C14H14N2O8/c17-8-24-11-5-12(13(18)19)15(6-11)14(20)23-7-9-1-3-10(4-2-9)16(21)22/h1-4,8,11-12H,5-7H2,(H,18,19)/t11?,12-/m1/s1. The van der Waals surface area contributed by atoms with Gasteiger partial charge < -0.3 is 14.6 Å². The third-order valence-corrected chi connectivity index (χ3v) is 3.54. The minimum atomic E-state index is -1.22. The van der Waals surface area contributed by atoms with Crippen molar-refractivity contribution in [3.63, 3.8) is 0 Å². The van der Waals surface area contributed by atoms with Gasteiger partial charge in [0.1, 0.15) is 18.8 Å². The fourth-order valence-corrected chi connectivity index (χ4v) is 2.35. The van der Waals surface area contributed by atoms with Crippen LogP contribution in [0.5, 0.6) is 0 Å². The molecule has 1 heterocycles. The van der Waals surface area contributed by atoms with Crippen molar-refractivity contribution in [1.29, 1.82) is 0 Å². The van der Waals surface area contributed by atoms with Crippen LogP contribution < -0.4 is 0 Å². The molecule has 1 aliphatic heterocycles. The fourth-order valence-electron chi connectivity index (χ4n) is 2.35. The number of nitro benzene ring substituents is 1. The van der Waals surface area contributed by atoms with Crippen molar-refractivity contribution in [1.82, 2.24) is 4.90 Å². The van der Waals surface area contributed by atoms with Gasteiger partial charge in [0.05, 0.1) is 11.5 Å². The molecule has 0 bridgehead atoms. The molecule has 1 unspecified atom stereocenters. The van der Waals surface area contributed by atoms with E-state index in [1.54, 1.807) is 0 Å². The number of carbonyl (C=O) groups is 3. The van der Waals surface area contributed by atoms with Gasteiger partial charge in [-0.15, -0.1) is 0 Å². The summed E-state index contributed by atoms with van der Waals surface area (Å²) in [5.74, 6) is -1.22. The SMILES string of the molecule is O=COC1C[C@H](C(=O)O)N(C(=O)OCc2ccc([N+](=O)[O-])cc2)C1. The van der Waals surface area contributed by atoms with Gasteiger partial charge in [0.15, 0.2) is 0 Å². The van der Waals surface area contributed by atoms with E-state index in [-0.39, 0.29) is 31.7 Å². The number of non-ortho nitro benzene ring substituents is 1. The normalized spacial score (nSPS) is 19.6.